The molecule has 1 aliphatic carbocycles. The first-order valence-electron chi connectivity index (χ1n) is 14.0. The summed E-state index contributed by atoms with van der Waals surface area (Å²) < 4.78 is 0. The molecule has 2 fully saturated rings. The van der Waals surface area contributed by atoms with Crippen LogP contribution in [0.5, 0.6) is 0 Å². The van der Waals surface area contributed by atoms with Crippen molar-refractivity contribution in [1.82, 2.24) is 20.5 Å². The van der Waals surface area contributed by atoms with E-state index in [1.165, 1.54) is 23.3 Å². The molecular weight excluding hydrogens is 496 g/mol. The van der Waals surface area contributed by atoms with Gasteiger partial charge in [0.1, 0.15) is 16.7 Å². The van der Waals surface area contributed by atoms with Crippen LogP contribution < -0.4 is 10.6 Å². The lowest BCUT2D eigenvalue weighted by atomic mass is 9.83. The van der Waals surface area contributed by atoms with E-state index in [2.05, 4.69) is 31.4 Å². The van der Waals surface area contributed by atoms with E-state index in [0.29, 0.717) is 17.8 Å². The molecular formula is C30H42N4O3S. The minimum Gasteiger partial charge on any atom is -0.343 e. The molecule has 0 spiro atoms. The molecule has 1 saturated carbocycles. The normalized spacial score (nSPS) is 20.2. The quantitative estimate of drug-likeness (QED) is 0.461. The zero-order chi connectivity index (χ0) is 27.4. The van der Waals surface area contributed by atoms with Crippen LogP contribution in [-0.2, 0) is 15.0 Å². The van der Waals surface area contributed by atoms with E-state index < -0.39 is 6.04 Å². The van der Waals surface area contributed by atoms with Crippen LogP contribution in [0.25, 0.3) is 0 Å². The Balaban J connectivity index is 1.52. The summed E-state index contributed by atoms with van der Waals surface area (Å²) in [4.78, 5) is 46.6. The highest BCUT2D eigenvalue weighted by Gasteiger charge is 2.40. The molecule has 0 bridgehead atoms. The SMILES string of the molecule is CN[C@@H](C)C(=O)N[C@H](C(=O)N1CCC[C@H]1c1nc(C(=O)c2ccc(C(C)(C)C)cc2)cs1)C1CCCCC1. The van der Waals surface area contributed by atoms with Crippen LogP contribution in [0.4, 0.5) is 0 Å². The van der Waals surface area contributed by atoms with Gasteiger partial charge in [-0.1, -0.05) is 64.3 Å². The molecule has 4 rings (SSSR count). The van der Waals surface area contributed by atoms with Crippen LogP contribution >= 0.6 is 11.3 Å². The summed E-state index contributed by atoms with van der Waals surface area (Å²) in [7, 11) is 1.75. The number of carbonyl (C=O) groups excluding carboxylic acids is 3. The average molecular weight is 539 g/mol. The molecule has 1 saturated heterocycles. The summed E-state index contributed by atoms with van der Waals surface area (Å²) in [5.41, 5.74) is 2.24. The van der Waals surface area contributed by atoms with Crippen LogP contribution in [0.1, 0.15) is 105 Å². The molecule has 1 aromatic heterocycles. The summed E-state index contributed by atoms with van der Waals surface area (Å²) >= 11 is 1.44. The maximum atomic E-state index is 14.0. The van der Waals surface area contributed by atoms with E-state index in [1.54, 1.807) is 14.0 Å². The molecule has 206 valence electrons. The first kappa shape index (κ1) is 28.4. The fraction of sp³-hybridized carbons (Fsp3) is 0.600. The lowest BCUT2D eigenvalue weighted by molar-refractivity contribution is -0.139. The van der Waals surface area contributed by atoms with Crippen molar-refractivity contribution in [3.8, 4) is 0 Å². The molecule has 7 nitrogen and oxygen atoms in total. The smallest absolute Gasteiger partial charge is 0.246 e. The number of hydrogen-bond acceptors (Lipinski definition) is 6. The highest BCUT2D eigenvalue weighted by atomic mass is 32.1. The molecule has 38 heavy (non-hydrogen) atoms. The molecule has 0 unspecified atom stereocenters. The van der Waals surface area contributed by atoms with E-state index in [9.17, 15) is 14.4 Å². The summed E-state index contributed by atoms with van der Waals surface area (Å²) in [5, 5.41) is 8.66. The number of amides is 2. The van der Waals surface area contributed by atoms with E-state index >= 15 is 0 Å². The van der Waals surface area contributed by atoms with Gasteiger partial charge < -0.3 is 15.5 Å². The molecule has 2 aliphatic rings. The zero-order valence-electron chi connectivity index (χ0n) is 23.4. The molecule has 1 aliphatic heterocycles. The van der Waals surface area contributed by atoms with E-state index in [4.69, 9.17) is 4.98 Å². The third kappa shape index (κ3) is 6.34. The maximum Gasteiger partial charge on any atom is 0.246 e. The fourth-order valence-corrected chi connectivity index (χ4v) is 6.48. The highest BCUT2D eigenvalue weighted by molar-refractivity contribution is 7.10. The van der Waals surface area contributed by atoms with Crippen LogP contribution in [0.15, 0.2) is 29.6 Å². The number of ketones is 1. The van der Waals surface area contributed by atoms with Crippen molar-refractivity contribution in [1.29, 1.82) is 0 Å². The van der Waals surface area contributed by atoms with Crippen molar-refractivity contribution in [2.45, 2.75) is 96.2 Å². The summed E-state index contributed by atoms with van der Waals surface area (Å²) in [6.45, 7) is 8.90. The minimum absolute atomic E-state index is 0.0168. The van der Waals surface area contributed by atoms with Gasteiger partial charge in [-0.3, -0.25) is 14.4 Å². The van der Waals surface area contributed by atoms with Crippen LogP contribution in [-0.4, -0.2) is 53.2 Å². The van der Waals surface area contributed by atoms with Gasteiger partial charge in [-0.2, -0.15) is 0 Å². The number of rotatable bonds is 8. The average Bonchev–Trinajstić information content (AvgIpc) is 3.60. The highest BCUT2D eigenvalue weighted by Crippen LogP contribution is 2.36. The Kier molecular flexibility index (Phi) is 9.04. The number of thiazole rings is 1. The fourth-order valence-electron chi connectivity index (χ4n) is 5.54. The predicted molar refractivity (Wildman–Crippen MR) is 151 cm³/mol. The van der Waals surface area contributed by atoms with Gasteiger partial charge in [0.15, 0.2) is 0 Å². The second kappa shape index (κ2) is 12.1. The number of carbonyl (C=O) groups is 3. The van der Waals surface area contributed by atoms with Crippen molar-refractivity contribution in [3.63, 3.8) is 0 Å². The molecule has 2 heterocycles. The molecule has 2 amide bonds. The van der Waals surface area contributed by atoms with Gasteiger partial charge in [0.2, 0.25) is 17.6 Å². The summed E-state index contributed by atoms with van der Waals surface area (Å²) in [6.07, 6.45) is 6.95. The Labute approximate surface area is 230 Å². The largest absolute Gasteiger partial charge is 0.343 e. The Bertz CT molecular complexity index is 1130. The predicted octanol–water partition coefficient (Wildman–Crippen LogP) is 5.01. The van der Waals surface area contributed by atoms with Crippen molar-refractivity contribution in [2.24, 2.45) is 5.92 Å². The molecule has 8 heteroatoms. The number of hydrogen-bond donors (Lipinski definition) is 2. The van der Waals surface area contributed by atoms with Gasteiger partial charge in [0, 0.05) is 17.5 Å². The van der Waals surface area contributed by atoms with Gasteiger partial charge in [0.25, 0.3) is 0 Å². The number of benzene rings is 1. The van der Waals surface area contributed by atoms with Gasteiger partial charge in [-0.05, 0) is 56.6 Å². The van der Waals surface area contributed by atoms with Gasteiger partial charge in [-0.15, -0.1) is 11.3 Å². The van der Waals surface area contributed by atoms with Gasteiger partial charge in [0.05, 0.1) is 12.1 Å². The van der Waals surface area contributed by atoms with Gasteiger partial charge in [-0.25, -0.2) is 4.98 Å². The van der Waals surface area contributed by atoms with E-state index in [0.717, 1.165) is 43.5 Å². The minimum atomic E-state index is -0.526. The Hall–Kier alpha value is -2.58. The van der Waals surface area contributed by atoms with E-state index in [-0.39, 0.29) is 41.0 Å². The summed E-state index contributed by atoms with van der Waals surface area (Å²) in [5.74, 6) is -0.115. The second-order valence-corrected chi connectivity index (χ2v) is 12.7. The van der Waals surface area contributed by atoms with Crippen molar-refractivity contribution >= 4 is 28.9 Å². The number of likely N-dealkylation sites (N-methyl/N-ethyl adjacent to an activating group) is 1. The first-order chi connectivity index (χ1) is 18.1. The van der Waals surface area contributed by atoms with E-state index in [1.807, 2.05) is 34.5 Å². The Morgan fingerprint density at radius 2 is 1.71 bits per heavy atom. The lowest BCUT2D eigenvalue weighted by Gasteiger charge is -2.35. The second-order valence-electron chi connectivity index (χ2n) is 11.8. The lowest BCUT2D eigenvalue weighted by Crippen LogP contribution is -2.55. The van der Waals surface area contributed by atoms with Crippen molar-refractivity contribution < 1.29 is 14.4 Å². The Morgan fingerprint density at radius 3 is 2.34 bits per heavy atom. The van der Waals surface area contributed by atoms with Crippen molar-refractivity contribution in [3.05, 3.63) is 51.5 Å². The summed E-state index contributed by atoms with van der Waals surface area (Å²) in [6, 6.07) is 6.70. The van der Waals surface area contributed by atoms with Crippen LogP contribution in [0, 0.1) is 5.92 Å². The number of likely N-dealkylation sites (tertiary alicyclic amines) is 1. The molecule has 0 radical (unpaired) electrons. The Morgan fingerprint density at radius 1 is 1.03 bits per heavy atom. The molecule has 2 N–H and O–H groups in total. The van der Waals surface area contributed by atoms with Gasteiger partial charge >= 0.3 is 0 Å². The first-order valence-corrected chi connectivity index (χ1v) is 14.9. The number of nitrogens with zero attached hydrogens (tertiary/aromatic N) is 2. The standard InChI is InChI=1S/C30H42N4O3S/c1-19(31-5)27(36)33-25(20-10-7-6-8-11-20)29(37)34-17-9-12-24(34)28-32-23(18-38-28)26(35)21-13-15-22(16-14-21)30(2,3)4/h13-16,18-20,24-25,31H,6-12,17H2,1-5H3,(H,33,36)/t19-,24-,25-/m0/s1. The third-order valence-electron chi connectivity index (χ3n) is 8.10. The zero-order valence-corrected chi connectivity index (χ0v) is 24.2. The van der Waals surface area contributed by atoms with Crippen molar-refractivity contribution in [2.75, 3.05) is 13.6 Å². The molecule has 2 aromatic rings. The molecule has 3 atom stereocenters. The number of nitrogens with one attached hydrogen (secondary N) is 2. The molecule has 1 aromatic carbocycles. The monoisotopic (exact) mass is 538 g/mol. The topological polar surface area (TPSA) is 91.4 Å². The third-order valence-corrected chi connectivity index (χ3v) is 9.05. The van der Waals surface area contributed by atoms with Crippen LogP contribution in [0.3, 0.4) is 0 Å². The maximum absolute atomic E-state index is 14.0. The number of aromatic nitrogens is 1. The van der Waals surface area contributed by atoms with Crippen LogP contribution in [0.2, 0.25) is 0 Å².